The summed E-state index contributed by atoms with van der Waals surface area (Å²) in [7, 11) is 0. The summed E-state index contributed by atoms with van der Waals surface area (Å²) in [4.78, 5) is 0. The van der Waals surface area contributed by atoms with Crippen LogP contribution in [0.2, 0.25) is 5.02 Å². The van der Waals surface area contributed by atoms with E-state index in [2.05, 4.69) is 25.2 Å². The highest BCUT2D eigenvalue weighted by molar-refractivity contribution is 6.32. The Morgan fingerprint density at radius 2 is 2.23 bits per heavy atom. The van der Waals surface area contributed by atoms with Crippen molar-refractivity contribution in [3.8, 4) is 5.75 Å². The van der Waals surface area contributed by atoms with Gasteiger partial charge in [-0.25, -0.2) is 4.39 Å². The molecule has 0 saturated carbocycles. The van der Waals surface area contributed by atoms with E-state index in [4.69, 9.17) is 16.3 Å². The summed E-state index contributed by atoms with van der Waals surface area (Å²) >= 11 is 6.20. The lowest BCUT2D eigenvalue weighted by atomic mass is 9.84. The molecule has 0 amide bonds. The van der Waals surface area contributed by atoms with Crippen LogP contribution in [0.4, 0.5) is 4.39 Å². The van der Waals surface area contributed by atoms with E-state index in [-0.39, 0.29) is 10.8 Å². The molecular formula is C19H24ClFO. The molecule has 0 aliphatic heterocycles. The van der Waals surface area contributed by atoms with E-state index in [1.54, 1.807) is 6.07 Å². The van der Waals surface area contributed by atoms with Gasteiger partial charge >= 0.3 is 0 Å². The van der Waals surface area contributed by atoms with Crippen molar-refractivity contribution in [3.05, 3.63) is 46.8 Å². The normalized spacial score (nSPS) is 18.5. The molecule has 1 atom stereocenters. The Labute approximate surface area is 137 Å². The Kier molecular flexibility index (Phi) is 6.50. The van der Waals surface area contributed by atoms with Gasteiger partial charge in [-0.15, -0.1) is 0 Å². The van der Waals surface area contributed by atoms with Crippen LogP contribution < -0.4 is 4.74 Å². The molecule has 2 rings (SSSR count). The zero-order valence-corrected chi connectivity index (χ0v) is 14.1. The van der Waals surface area contributed by atoms with Crippen LogP contribution in [0, 0.1) is 11.7 Å². The third-order valence-corrected chi connectivity index (χ3v) is 4.56. The SMILES string of the molecule is CC=CCCC1CC=C(c2ccc(OCC)c(F)c2Cl)CC1. The Morgan fingerprint density at radius 1 is 1.41 bits per heavy atom. The monoisotopic (exact) mass is 322 g/mol. The summed E-state index contributed by atoms with van der Waals surface area (Å²) in [6, 6.07) is 3.56. The van der Waals surface area contributed by atoms with Gasteiger partial charge in [0.25, 0.3) is 0 Å². The van der Waals surface area contributed by atoms with Crippen LogP contribution in [0.25, 0.3) is 5.57 Å². The molecule has 0 bridgehead atoms. The molecule has 3 heteroatoms. The van der Waals surface area contributed by atoms with Gasteiger partial charge in [0, 0.05) is 0 Å². The van der Waals surface area contributed by atoms with Crippen molar-refractivity contribution in [2.45, 2.75) is 46.0 Å². The second kappa shape index (κ2) is 8.38. The van der Waals surface area contributed by atoms with Crippen LogP contribution in [-0.2, 0) is 0 Å². The van der Waals surface area contributed by atoms with E-state index in [0.717, 1.165) is 42.7 Å². The van der Waals surface area contributed by atoms with E-state index >= 15 is 0 Å². The highest BCUT2D eigenvalue weighted by Crippen LogP contribution is 2.38. The summed E-state index contributed by atoms with van der Waals surface area (Å²) in [6.45, 7) is 4.32. The zero-order chi connectivity index (χ0) is 15.9. The predicted octanol–water partition coefficient (Wildman–Crippen LogP) is 6.42. The maximum absolute atomic E-state index is 14.2. The minimum Gasteiger partial charge on any atom is -0.491 e. The van der Waals surface area contributed by atoms with Crippen molar-refractivity contribution in [1.82, 2.24) is 0 Å². The summed E-state index contributed by atoms with van der Waals surface area (Å²) in [5, 5.41) is 0.185. The van der Waals surface area contributed by atoms with Gasteiger partial charge < -0.3 is 4.74 Å². The van der Waals surface area contributed by atoms with Crippen molar-refractivity contribution < 1.29 is 9.13 Å². The van der Waals surface area contributed by atoms with Crippen molar-refractivity contribution in [2.24, 2.45) is 5.92 Å². The quantitative estimate of drug-likeness (QED) is 0.549. The molecule has 1 aliphatic carbocycles. The Bertz CT molecular complexity index is 563. The second-order valence-corrected chi connectivity index (χ2v) is 6.07. The maximum atomic E-state index is 14.2. The summed E-state index contributed by atoms with van der Waals surface area (Å²) in [6.07, 6.45) is 12.1. The molecular weight excluding hydrogens is 299 g/mol. The molecule has 0 fully saturated rings. The van der Waals surface area contributed by atoms with E-state index in [1.807, 2.05) is 13.0 Å². The molecule has 0 N–H and O–H groups in total. The van der Waals surface area contributed by atoms with Gasteiger partial charge in [0.05, 0.1) is 11.6 Å². The average molecular weight is 323 g/mol. The molecule has 1 aromatic carbocycles. The van der Waals surface area contributed by atoms with Crippen LogP contribution in [-0.4, -0.2) is 6.61 Å². The van der Waals surface area contributed by atoms with Gasteiger partial charge in [-0.1, -0.05) is 29.8 Å². The van der Waals surface area contributed by atoms with Crippen LogP contribution >= 0.6 is 11.6 Å². The molecule has 0 radical (unpaired) electrons. The summed E-state index contributed by atoms with van der Waals surface area (Å²) < 4.78 is 19.4. The summed E-state index contributed by atoms with van der Waals surface area (Å²) in [5.41, 5.74) is 1.98. The van der Waals surface area contributed by atoms with Crippen LogP contribution in [0.15, 0.2) is 30.4 Å². The maximum Gasteiger partial charge on any atom is 0.184 e. The first-order valence-electron chi connectivity index (χ1n) is 8.08. The number of rotatable bonds is 6. The standard InChI is InChI=1S/C19H24ClFO/c1-3-5-6-7-14-8-10-15(11-9-14)16-12-13-17(22-4-2)19(21)18(16)20/h3,5,10,12-14H,4,6-9,11H2,1-2H3. The number of allylic oxidation sites excluding steroid dienone is 4. The van der Waals surface area contributed by atoms with E-state index in [0.29, 0.717) is 6.61 Å². The number of halogens is 2. The fourth-order valence-electron chi connectivity index (χ4n) is 2.94. The van der Waals surface area contributed by atoms with Gasteiger partial charge in [-0.05, 0) is 75.1 Å². The van der Waals surface area contributed by atoms with Crippen LogP contribution in [0.5, 0.6) is 5.75 Å². The van der Waals surface area contributed by atoms with Gasteiger partial charge in [0.2, 0.25) is 0 Å². The largest absolute Gasteiger partial charge is 0.491 e. The lowest BCUT2D eigenvalue weighted by Crippen LogP contribution is -2.06. The third-order valence-electron chi connectivity index (χ3n) is 4.19. The minimum absolute atomic E-state index is 0.185. The molecule has 1 unspecified atom stereocenters. The molecule has 0 saturated heterocycles. The average Bonchev–Trinajstić information content (AvgIpc) is 2.53. The topological polar surface area (TPSA) is 9.23 Å². The molecule has 0 heterocycles. The van der Waals surface area contributed by atoms with Gasteiger partial charge in [0.15, 0.2) is 11.6 Å². The molecule has 1 nitrogen and oxygen atoms in total. The van der Waals surface area contributed by atoms with Gasteiger partial charge in [0.1, 0.15) is 0 Å². The van der Waals surface area contributed by atoms with Crippen molar-refractivity contribution >= 4 is 17.2 Å². The third kappa shape index (κ3) is 4.13. The van der Waals surface area contributed by atoms with E-state index in [9.17, 15) is 4.39 Å². The Balaban J connectivity index is 2.08. The Morgan fingerprint density at radius 3 is 2.86 bits per heavy atom. The second-order valence-electron chi connectivity index (χ2n) is 5.69. The molecule has 0 spiro atoms. The van der Waals surface area contributed by atoms with Crippen LogP contribution in [0.1, 0.15) is 51.5 Å². The first-order valence-corrected chi connectivity index (χ1v) is 8.46. The minimum atomic E-state index is -0.447. The highest BCUT2D eigenvalue weighted by atomic mass is 35.5. The molecule has 1 aliphatic rings. The lowest BCUT2D eigenvalue weighted by molar-refractivity contribution is 0.321. The number of hydrogen-bond donors (Lipinski definition) is 0. The summed E-state index contributed by atoms with van der Waals surface area (Å²) in [5.74, 6) is 0.514. The predicted molar refractivity (Wildman–Crippen MR) is 91.9 cm³/mol. The van der Waals surface area contributed by atoms with Crippen LogP contribution in [0.3, 0.4) is 0 Å². The van der Waals surface area contributed by atoms with Crippen molar-refractivity contribution in [3.63, 3.8) is 0 Å². The van der Waals surface area contributed by atoms with E-state index < -0.39 is 5.82 Å². The molecule has 0 aromatic heterocycles. The van der Waals surface area contributed by atoms with Gasteiger partial charge in [-0.2, -0.15) is 0 Å². The fraction of sp³-hybridized carbons (Fsp3) is 0.474. The van der Waals surface area contributed by atoms with Crippen molar-refractivity contribution in [1.29, 1.82) is 0 Å². The van der Waals surface area contributed by atoms with Gasteiger partial charge in [-0.3, -0.25) is 0 Å². The molecule has 120 valence electrons. The fourth-order valence-corrected chi connectivity index (χ4v) is 3.22. The van der Waals surface area contributed by atoms with E-state index in [1.165, 1.54) is 6.42 Å². The molecule has 22 heavy (non-hydrogen) atoms. The number of hydrogen-bond acceptors (Lipinski definition) is 1. The highest BCUT2D eigenvalue weighted by Gasteiger charge is 2.19. The first kappa shape index (κ1) is 17.1. The smallest absolute Gasteiger partial charge is 0.184 e. The molecule has 1 aromatic rings. The zero-order valence-electron chi connectivity index (χ0n) is 13.4. The first-order chi connectivity index (χ1) is 10.7. The number of ether oxygens (including phenoxy) is 1. The Hall–Kier alpha value is -1.28. The van der Waals surface area contributed by atoms with Crippen molar-refractivity contribution in [2.75, 3.05) is 6.61 Å². The number of benzene rings is 1. The lowest BCUT2D eigenvalue weighted by Gasteiger charge is -2.22.